The Kier molecular flexibility index (Phi) is 4.24. The maximum atomic E-state index is 11.8. The van der Waals surface area contributed by atoms with E-state index < -0.39 is 43.9 Å². The number of aliphatic hydroxyl groups excluding tert-OH is 1. The van der Waals surface area contributed by atoms with Crippen molar-refractivity contribution in [3.8, 4) is 0 Å². The number of ether oxygens (including phenoxy) is 1. The average Bonchev–Trinajstić information content (AvgIpc) is 2.97. The maximum Gasteiger partial charge on any atom is 0.469 e. The third-order valence-corrected chi connectivity index (χ3v) is 4.44. The van der Waals surface area contributed by atoms with Crippen molar-refractivity contribution in [2.45, 2.75) is 30.8 Å². The van der Waals surface area contributed by atoms with Gasteiger partial charge in [0.05, 0.1) is 12.9 Å². The van der Waals surface area contributed by atoms with Gasteiger partial charge < -0.3 is 34.9 Å². The third kappa shape index (κ3) is 3.20. The van der Waals surface area contributed by atoms with Crippen molar-refractivity contribution in [3.63, 3.8) is 0 Å². The molecule has 12 nitrogen and oxygen atoms in total. The topological polar surface area (TPSA) is 201 Å². The molecule has 1 fully saturated rings. The zero-order valence-corrected chi connectivity index (χ0v) is 13.7. The fourth-order valence-electron chi connectivity index (χ4n) is 2.76. The molecule has 1 aliphatic rings. The first-order chi connectivity index (χ1) is 11.5. The maximum absolute atomic E-state index is 11.8. The van der Waals surface area contributed by atoms with Crippen LogP contribution in [0.1, 0.15) is 18.6 Å². The lowest BCUT2D eigenvalue weighted by Gasteiger charge is -2.25. The molecule has 0 aliphatic carbocycles. The summed E-state index contributed by atoms with van der Waals surface area (Å²) in [5.41, 5.74) is 3.03. The standard InChI is InChI=1S/C12H16N3O9P/c1-12(18)8(16)5(3-23-25(19,20)21)24-9(12)4-2-22-7-6(4)14-11(13)15-10(7)17/h2,5,8-9,16,18H,3H2,1H3,(H2,19,20,21)(H3,13,14,15,17)/t5-,8-,9+,12-/m1/s1. The minimum atomic E-state index is -4.78. The van der Waals surface area contributed by atoms with Gasteiger partial charge in [0.15, 0.2) is 0 Å². The van der Waals surface area contributed by atoms with Crippen LogP contribution < -0.4 is 11.3 Å². The van der Waals surface area contributed by atoms with Crippen LogP contribution >= 0.6 is 7.82 Å². The van der Waals surface area contributed by atoms with E-state index in [-0.39, 0.29) is 22.6 Å². The van der Waals surface area contributed by atoms with E-state index in [1.807, 2.05) is 0 Å². The lowest BCUT2D eigenvalue weighted by Crippen LogP contribution is -2.43. The number of aliphatic hydroxyl groups is 2. The molecule has 0 amide bonds. The number of aromatic nitrogens is 2. The van der Waals surface area contributed by atoms with Crippen LogP contribution in [0.15, 0.2) is 15.5 Å². The summed E-state index contributed by atoms with van der Waals surface area (Å²) in [4.78, 5) is 35.5. The summed E-state index contributed by atoms with van der Waals surface area (Å²) in [5.74, 6) is -0.181. The highest BCUT2D eigenvalue weighted by Gasteiger charge is 2.54. The van der Waals surface area contributed by atoms with Gasteiger partial charge in [0.1, 0.15) is 29.4 Å². The second-order valence-electron chi connectivity index (χ2n) is 5.83. The Morgan fingerprint density at radius 3 is 2.84 bits per heavy atom. The normalized spacial score (nSPS) is 30.2. The summed E-state index contributed by atoms with van der Waals surface area (Å²) < 4.78 is 25.8. The number of anilines is 1. The van der Waals surface area contributed by atoms with Crippen molar-refractivity contribution in [2.24, 2.45) is 0 Å². The van der Waals surface area contributed by atoms with Crippen molar-refractivity contribution in [3.05, 3.63) is 22.2 Å². The van der Waals surface area contributed by atoms with Crippen molar-refractivity contribution < 1.29 is 38.2 Å². The number of nitrogens with two attached hydrogens (primary N) is 1. The second kappa shape index (κ2) is 5.88. The molecule has 7 N–H and O–H groups in total. The number of nitrogen functional groups attached to an aromatic ring is 1. The molecule has 0 bridgehead atoms. The first kappa shape index (κ1) is 18.0. The molecule has 3 rings (SSSR count). The van der Waals surface area contributed by atoms with Gasteiger partial charge in [-0.15, -0.1) is 0 Å². The van der Waals surface area contributed by atoms with Gasteiger partial charge in [-0.05, 0) is 6.92 Å². The lowest BCUT2D eigenvalue weighted by atomic mass is 9.89. The van der Waals surface area contributed by atoms with Crippen molar-refractivity contribution in [2.75, 3.05) is 12.3 Å². The number of hydrogen-bond donors (Lipinski definition) is 6. The summed E-state index contributed by atoms with van der Waals surface area (Å²) in [6.07, 6.45) is -2.85. The van der Waals surface area contributed by atoms with Gasteiger partial charge in [0.2, 0.25) is 11.5 Å². The Bertz CT molecular complexity index is 901. The number of furan rings is 1. The highest BCUT2D eigenvalue weighted by molar-refractivity contribution is 7.46. The molecule has 0 unspecified atom stereocenters. The Morgan fingerprint density at radius 1 is 1.52 bits per heavy atom. The fourth-order valence-corrected chi connectivity index (χ4v) is 3.10. The van der Waals surface area contributed by atoms with Crippen LogP contribution in [0, 0.1) is 0 Å². The van der Waals surface area contributed by atoms with Crippen LogP contribution in [0.5, 0.6) is 0 Å². The van der Waals surface area contributed by atoms with E-state index in [1.165, 1.54) is 6.92 Å². The third-order valence-electron chi connectivity index (χ3n) is 3.95. The van der Waals surface area contributed by atoms with E-state index in [4.69, 9.17) is 24.7 Å². The number of fused-ring (bicyclic) bond motifs is 1. The summed E-state index contributed by atoms with van der Waals surface area (Å²) in [6.45, 7) is 0.596. The summed E-state index contributed by atoms with van der Waals surface area (Å²) in [7, 11) is -4.78. The fraction of sp³-hybridized carbons (Fsp3) is 0.500. The van der Waals surface area contributed by atoms with E-state index in [1.54, 1.807) is 0 Å². The van der Waals surface area contributed by atoms with Crippen molar-refractivity contribution in [1.82, 2.24) is 9.97 Å². The Hall–Kier alpha value is -1.79. The van der Waals surface area contributed by atoms with E-state index >= 15 is 0 Å². The van der Waals surface area contributed by atoms with Gasteiger partial charge in [-0.3, -0.25) is 14.3 Å². The monoisotopic (exact) mass is 377 g/mol. The van der Waals surface area contributed by atoms with Crippen LogP contribution in [0.4, 0.5) is 5.95 Å². The molecular formula is C12H16N3O9P. The molecule has 2 aromatic heterocycles. The first-order valence-corrected chi connectivity index (χ1v) is 8.56. The Morgan fingerprint density at radius 2 is 2.20 bits per heavy atom. The Labute approximate surface area is 139 Å². The van der Waals surface area contributed by atoms with Gasteiger partial charge in [-0.25, -0.2) is 9.55 Å². The minimum absolute atomic E-state index is 0.0373. The molecule has 3 heterocycles. The molecule has 1 saturated heterocycles. The molecule has 0 spiro atoms. The average molecular weight is 377 g/mol. The largest absolute Gasteiger partial charge is 0.469 e. The molecule has 13 heteroatoms. The van der Waals surface area contributed by atoms with Gasteiger partial charge in [-0.1, -0.05) is 0 Å². The highest BCUT2D eigenvalue weighted by Crippen LogP contribution is 2.45. The molecule has 0 radical (unpaired) electrons. The molecule has 4 atom stereocenters. The predicted molar refractivity (Wildman–Crippen MR) is 81.3 cm³/mol. The summed E-state index contributed by atoms with van der Waals surface area (Å²) in [6, 6.07) is 0. The summed E-state index contributed by atoms with van der Waals surface area (Å²) >= 11 is 0. The van der Waals surface area contributed by atoms with Crippen LogP contribution in [-0.4, -0.2) is 54.4 Å². The van der Waals surface area contributed by atoms with Crippen LogP contribution in [0.3, 0.4) is 0 Å². The molecule has 0 aromatic carbocycles. The quantitative estimate of drug-likeness (QED) is 0.348. The number of rotatable bonds is 4. The van der Waals surface area contributed by atoms with E-state index in [0.717, 1.165) is 6.26 Å². The van der Waals surface area contributed by atoms with E-state index in [9.17, 15) is 19.6 Å². The number of hydrogen-bond acceptors (Lipinski definition) is 9. The van der Waals surface area contributed by atoms with E-state index in [2.05, 4.69) is 14.5 Å². The molecular weight excluding hydrogens is 361 g/mol. The zero-order valence-electron chi connectivity index (χ0n) is 12.8. The molecule has 0 saturated carbocycles. The number of aromatic amines is 1. The minimum Gasteiger partial charge on any atom is -0.456 e. The highest BCUT2D eigenvalue weighted by atomic mass is 31.2. The number of phosphoric ester groups is 1. The predicted octanol–water partition coefficient (Wildman–Crippen LogP) is -1.24. The Balaban J connectivity index is 1.97. The van der Waals surface area contributed by atoms with Crippen molar-refractivity contribution in [1.29, 1.82) is 0 Å². The first-order valence-electron chi connectivity index (χ1n) is 7.03. The number of nitrogens with zero attached hydrogens (tertiary/aromatic N) is 1. The van der Waals surface area contributed by atoms with Crippen LogP contribution in [-0.2, 0) is 13.8 Å². The zero-order chi connectivity index (χ0) is 18.6. The SMILES string of the molecule is C[C@@]1(O)[C@H](O)[C@@H](COP(=O)(O)O)O[C@H]1c1coc2c(=O)[nH]c(N)nc12. The number of H-pyrrole nitrogens is 1. The lowest BCUT2D eigenvalue weighted by molar-refractivity contribution is -0.0643. The van der Waals surface area contributed by atoms with Gasteiger partial charge >= 0.3 is 7.82 Å². The van der Waals surface area contributed by atoms with Gasteiger partial charge in [-0.2, -0.15) is 0 Å². The van der Waals surface area contributed by atoms with Gasteiger partial charge in [0.25, 0.3) is 5.56 Å². The number of nitrogens with one attached hydrogen (secondary N) is 1. The molecule has 2 aromatic rings. The van der Waals surface area contributed by atoms with E-state index in [0.29, 0.717) is 0 Å². The number of phosphoric acid groups is 1. The second-order valence-corrected chi connectivity index (χ2v) is 7.07. The molecule has 1 aliphatic heterocycles. The van der Waals surface area contributed by atoms with Gasteiger partial charge in [0, 0.05) is 5.56 Å². The molecule has 138 valence electrons. The smallest absolute Gasteiger partial charge is 0.456 e. The summed E-state index contributed by atoms with van der Waals surface area (Å²) in [5, 5.41) is 20.8. The van der Waals surface area contributed by atoms with Crippen LogP contribution in [0.2, 0.25) is 0 Å². The van der Waals surface area contributed by atoms with Crippen LogP contribution in [0.25, 0.3) is 11.1 Å². The molecule has 25 heavy (non-hydrogen) atoms. The van der Waals surface area contributed by atoms with Crippen molar-refractivity contribution >= 4 is 24.9 Å².